The van der Waals surface area contributed by atoms with Gasteiger partial charge in [-0.1, -0.05) is 24.3 Å². The summed E-state index contributed by atoms with van der Waals surface area (Å²) in [5, 5.41) is 17.5. The number of carbonyl (C=O) groups excluding carboxylic acids is 1. The van der Waals surface area contributed by atoms with Gasteiger partial charge in [-0.3, -0.25) is 15.0 Å². The fourth-order valence-electron chi connectivity index (χ4n) is 2.40. The van der Waals surface area contributed by atoms with E-state index in [1.807, 2.05) is 0 Å². The van der Waals surface area contributed by atoms with Crippen LogP contribution in [0, 0.1) is 11.2 Å². The number of amidine groups is 1. The van der Waals surface area contributed by atoms with Gasteiger partial charge >= 0.3 is 0 Å². The number of ether oxygens (including phenoxy) is 2. The van der Waals surface area contributed by atoms with E-state index in [1.54, 1.807) is 37.3 Å². The van der Waals surface area contributed by atoms with Crippen molar-refractivity contribution in [2.45, 2.75) is 26.5 Å². The van der Waals surface area contributed by atoms with Crippen molar-refractivity contribution in [3.63, 3.8) is 0 Å². The lowest BCUT2D eigenvalue weighted by Crippen LogP contribution is -2.31. The van der Waals surface area contributed by atoms with Crippen molar-refractivity contribution in [3.05, 3.63) is 65.0 Å². The molecule has 1 atom stereocenters. The van der Waals surface area contributed by atoms with Gasteiger partial charge in [0.05, 0.1) is 7.11 Å². The van der Waals surface area contributed by atoms with Crippen molar-refractivity contribution < 1.29 is 28.6 Å². The predicted molar refractivity (Wildman–Crippen MR) is 110 cm³/mol. The molecule has 5 N–H and O–H groups in total. The summed E-state index contributed by atoms with van der Waals surface area (Å²) in [6, 6.07) is 11.2. The largest absolute Gasteiger partial charge is 0.497 e. The molecule has 0 fully saturated rings. The van der Waals surface area contributed by atoms with Gasteiger partial charge in [-0.15, -0.1) is 0 Å². The first-order valence-corrected chi connectivity index (χ1v) is 9.05. The molecule has 8 nitrogen and oxygen atoms in total. The van der Waals surface area contributed by atoms with Gasteiger partial charge < -0.3 is 25.6 Å². The monoisotopic (exact) mass is 419 g/mol. The fourth-order valence-corrected chi connectivity index (χ4v) is 2.40. The van der Waals surface area contributed by atoms with Crippen LogP contribution < -0.4 is 15.8 Å². The highest BCUT2D eigenvalue weighted by molar-refractivity contribution is 5.94. The highest BCUT2D eigenvalue weighted by Gasteiger charge is 2.24. The lowest BCUT2D eigenvalue weighted by atomic mass is 10.1. The number of nitrogens with one attached hydrogen (secondary N) is 2. The number of rotatable bonds is 8. The molecule has 0 saturated heterocycles. The summed E-state index contributed by atoms with van der Waals surface area (Å²) >= 11 is 0. The molecule has 0 aliphatic carbocycles. The van der Waals surface area contributed by atoms with E-state index in [0.29, 0.717) is 11.3 Å². The highest BCUT2D eigenvalue weighted by Crippen LogP contribution is 2.25. The summed E-state index contributed by atoms with van der Waals surface area (Å²) < 4.78 is 24.7. The number of nitrogens with two attached hydrogens (primary N) is 1. The van der Waals surface area contributed by atoms with Crippen LogP contribution in [-0.2, 0) is 20.9 Å². The van der Waals surface area contributed by atoms with Gasteiger partial charge in [-0.25, -0.2) is 4.39 Å². The van der Waals surface area contributed by atoms with Crippen LogP contribution in [0.5, 0.6) is 5.75 Å². The summed E-state index contributed by atoms with van der Waals surface area (Å²) in [5.74, 6) is -1.49. The average molecular weight is 419 g/mol. The van der Waals surface area contributed by atoms with Crippen LogP contribution in [0.1, 0.15) is 36.6 Å². The average Bonchev–Trinajstić information content (AvgIpc) is 2.70. The molecule has 2 rings (SSSR count). The molecule has 162 valence electrons. The Morgan fingerprint density at radius 2 is 1.83 bits per heavy atom. The minimum atomic E-state index is -1.05. The van der Waals surface area contributed by atoms with E-state index in [4.69, 9.17) is 30.5 Å². The molecule has 2 aromatic carbocycles. The maximum absolute atomic E-state index is 14.3. The Morgan fingerprint density at radius 3 is 2.30 bits per heavy atom. The van der Waals surface area contributed by atoms with Gasteiger partial charge in [0.25, 0.3) is 11.9 Å². The lowest BCUT2D eigenvalue weighted by molar-refractivity contribution is -0.134. The first kappa shape index (κ1) is 24.6. The van der Waals surface area contributed by atoms with Gasteiger partial charge in [0.15, 0.2) is 6.10 Å². The number of benzene rings is 2. The quantitative estimate of drug-likeness (QED) is 0.384. The molecular formula is C21H26FN3O5. The molecule has 1 amide bonds. The number of carbonyl (C=O) groups is 2. The van der Waals surface area contributed by atoms with E-state index in [0.717, 1.165) is 12.5 Å². The van der Waals surface area contributed by atoms with Crippen LogP contribution in [0.2, 0.25) is 0 Å². The third-order valence-corrected chi connectivity index (χ3v) is 3.79. The van der Waals surface area contributed by atoms with E-state index in [2.05, 4.69) is 5.32 Å². The normalized spacial score (nSPS) is 10.9. The Bertz CT molecular complexity index is 867. The summed E-state index contributed by atoms with van der Waals surface area (Å²) in [7, 11) is 1.44. The molecule has 0 aliphatic heterocycles. The Labute approximate surface area is 174 Å². The predicted octanol–water partition coefficient (Wildman–Crippen LogP) is 2.60. The molecule has 0 unspecified atom stereocenters. The third kappa shape index (κ3) is 7.88. The second-order valence-corrected chi connectivity index (χ2v) is 6.07. The zero-order valence-electron chi connectivity index (χ0n) is 17.1. The zero-order chi connectivity index (χ0) is 22.7. The molecular weight excluding hydrogens is 393 g/mol. The van der Waals surface area contributed by atoms with Gasteiger partial charge in [0.1, 0.15) is 17.4 Å². The van der Waals surface area contributed by atoms with E-state index >= 15 is 0 Å². The lowest BCUT2D eigenvalue weighted by Gasteiger charge is -2.18. The number of carboxylic acid groups (broad SMARTS) is 1. The van der Waals surface area contributed by atoms with Crippen molar-refractivity contribution in [1.29, 1.82) is 5.41 Å². The third-order valence-electron chi connectivity index (χ3n) is 3.79. The molecule has 0 radical (unpaired) electrons. The number of aliphatic carboxylic acids is 1. The number of carboxylic acids is 1. The molecule has 0 aliphatic rings. The smallest absolute Gasteiger partial charge is 0.300 e. The van der Waals surface area contributed by atoms with Gasteiger partial charge in [-0.2, -0.15) is 0 Å². The van der Waals surface area contributed by atoms with Crippen LogP contribution in [0.15, 0.2) is 42.5 Å². The summed E-state index contributed by atoms with van der Waals surface area (Å²) in [6.45, 7) is 3.33. The molecule has 0 saturated carbocycles. The molecule has 0 bridgehead atoms. The SMILES string of the molecule is CC(=O)O.CCO[C@@H](C(=O)NCc1ccc(C(=N)N)cc1)c1ccc(OC)cc1F. The highest BCUT2D eigenvalue weighted by atomic mass is 19.1. The molecule has 0 aromatic heterocycles. The summed E-state index contributed by atoms with van der Waals surface area (Å²) in [5.41, 5.74) is 6.99. The Morgan fingerprint density at radius 1 is 1.23 bits per heavy atom. The Hall–Kier alpha value is -3.46. The maximum atomic E-state index is 14.3. The van der Waals surface area contributed by atoms with Crippen molar-refractivity contribution in [2.24, 2.45) is 5.73 Å². The van der Waals surface area contributed by atoms with Crippen molar-refractivity contribution in [1.82, 2.24) is 5.32 Å². The number of halogens is 1. The van der Waals surface area contributed by atoms with Crippen molar-refractivity contribution in [3.8, 4) is 5.75 Å². The minimum Gasteiger partial charge on any atom is -0.497 e. The van der Waals surface area contributed by atoms with E-state index in [1.165, 1.54) is 19.2 Å². The van der Waals surface area contributed by atoms with E-state index < -0.39 is 23.8 Å². The molecule has 0 heterocycles. The zero-order valence-corrected chi connectivity index (χ0v) is 17.1. The topological polar surface area (TPSA) is 135 Å². The standard InChI is InChI=1S/C19H22FN3O3.C2H4O2/c1-3-26-17(15-9-8-14(25-2)10-16(15)20)19(24)23-11-12-4-6-13(7-5-12)18(21)22;1-2(3)4/h4-10,17H,3,11H2,1-2H3,(H3,21,22)(H,23,24);1H3,(H,3,4)/t17-;/m1./s1. The van der Waals surface area contributed by atoms with Gasteiger partial charge in [0, 0.05) is 37.3 Å². The van der Waals surface area contributed by atoms with Gasteiger partial charge in [0.2, 0.25) is 0 Å². The summed E-state index contributed by atoms with van der Waals surface area (Å²) in [4.78, 5) is 21.5. The first-order valence-electron chi connectivity index (χ1n) is 9.05. The van der Waals surface area contributed by atoms with E-state index in [9.17, 15) is 9.18 Å². The number of nitrogen functional groups attached to an aromatic ring is 1. The first-order chi connectivity index (χ1) is 14.2. The van der Waals surface area contributed by atoms with E-state index in [-0.39, 0.29) is 24.6 Å². The maximum Gasteiger partial charge on any atom is 0.300 e. The number of amides is 1. The van der Waals surface area contributed by atoms with Crippen LogP contribution >= 0.6 is 0 Å². The summed E-state index contributed by atoms with van der Waals surface area (Å²) in [6.07, 6.45) is -1.05. The molecule has 0 spiro atoms. The molecule has 30 heavy (non-hydrogen) atoms. The minimum absolute atomic E-state index is 0.0213. The van der Waals surface area contributed by atoms with Crippen LogP contribution in [0.25, 0.3) is 0 Å². The van der Waals surface area contributed by atoms with Crippen LogP contribution in [0.3, 0.4) is 0 Å². The Kier molecular flexibility index (Phi) is 9.98. The molecule has 2 aromatic rings. The number of hydrogen-bond acceptors (Lipinski definition) is 5. The van der Waals surface area contributed by atoms with Gasteiger partial charge in [-0.05, 0) is 24.6 Å². The van der Waals surface area contributed by atoms with Crippen LogP contribution in [-0.4, -0.2) is 36.5 Å². The van der Waals surface area contributed by atoms with Crippen molar-refractivity contribution >= 4 is 17.7 Å². The molecule has 9 heteroatoms. The second-order valence-electron chi connectivity index (χ2n) is 6.07. The fraction of sp³-hybridized carbons (Fsp3) is 0.286. The Balaban J connectivity index is 0.00000103. The second kappa shape index (κ2) is 12.2. The number of hydrogen-bond donors (Lipinski definition) is 4. The number of methoxy groups -OCH3 is 1. The van der Waals surface area contributed by atoms with Crippen LogP contribution in [0.4, 0.5) is 4.39 Å². The van der Waals surface area contributed by atoms with Crippen molar-refractivity contribution in [2.75, 3.05) is 13.7 Å².